The average molecular weight is 1010 g/mol. The Morgan fingerprint density at radius 1 is 0.588 bits per heavy atom. The highest BCUT2D eigenvalue weighted by Crippen LogP contribution is 2.53. The van der Waals surface area contributed by atoms with E-state index in [1.165, 1.54) is 0 Å². The Hall–Kier alpha value is -3.88. The fraction of sp³-hybridized carbons (Fsp3) is 0.481. The van der Waals surface area contributed by atoms with Crippen molar-refractivity contribution in [3.63, 3.8) is 0 Å². The maximum absolute atomic E-state index is 13.5. The molecule has 0 aromatic heterocycles. The number of aliphatic hydroxyl groups is 4. The topological polar surface area (TPSA) is 187 Å². The normalized spacial score (nSPS) is 25.6. The van der Waals surface area contributed by atoms with Crippen molar-refractivity contribution in [2.24, 2.45) is 10.8 Å². The highest BCUT2D eigenvalue weighted by atomic mass is 35.5. The first-order valence-corrected chi connectivity index (χ1v) is 24.6. The molecule has 14 heteroatoms. The van der Waals surface area contributed by atoms with Gasteiger partial charge >= 0.3 is 0 Å². The maximum atomic E-state index is 13.5. The molecule has 4 aromatic carbocycles. The number of aliphatic hydroxyl groups excluding tert-OH is 4. The molecule has 6 rings (SSSR count). The first kappa shape index (κ1) is 55.1. The largest absolute Gasteiger partial charge is 0.394 e. The SMILES string of the molecule is CC(C)(C)C[C@@H]1N[C@@H](C(=O)CC[C@H](O)CO)[C@H](c2cccc(Cl)c2)[C@@]1(C#N)c1ccc(Cl)cc1.CC(C)(C)C[C@H]1N[C@H](C(=O)CC[C@H](O)CO)[C@@H](c2cccc(Cl)c2)[C@]1(C#N)c1ccc(Cl)cc1. The van der Waals surface area contributed by atoms with E-state index in [-0.39, 0.29) is 60.2 Å². The molecule has 0 unspecified atom stereocenters. The minimum absolute atomic E-state index is 0.0842. The molecule has 0 aliphatic carbocycles. The van der Waals surface area contributed by atoms with Crippen molar-refractivity contribution in [2.75, 3.05) is 13.2 Å². The molecular formula is C54H64Cl4N4O6. The van der Waals surface area contributed by atoms with Gasteiger partial charge < -0.3 is 31.1 Å². The van der Waals surface area contributed by atoms with Crippen molar-refractivity contribution in [2.45, 2.75) is 139 Å². The number of nitriles is 2. The van der Waals surface area contributed by atoms with E-state index in [1.807, 2.05) is 60.7 Å². The number of ketones is 2. The number of benzene rings is 4. The molecule has 10 atom stereocenters. The lowest BCUT2D eigenvalue weighted by Gasteiger charge is -2.37. The van der Waals surface area contributed by atoms with E-state index in [4.69, 9.17) is 46.4 Å². The van der Waals surface area contributed by atoms with Gasteiger partial charge in [-0.15, -0.1) is 0 Å². The van der Waals surface area contributed by atoms with Crippen LogP contribution in [-0.2, 0) is 20.4 Å². The second kappa shape index (κ2) is 23.4. The number of nitrogens with one attached hydrogen (secondary N) is 2. The number of hydrogen-bond donors (Lipinski definition) is 6. The maximum Gasteiger partial charge on any atom is 0.150 e. The van der Waals surface area contributed by atoms with Gasteiger partial charge in [-0.25, -0.2) is 0 Å². The van der Waals surface area contributed by atoms with Crippen LogP contribution in [0, 0.1) is 33.5 Å². The third-order valence-electron chi connectivity index (χ3n) is 13.1. The fourth-order valence-corrected chi connectivity index (χ4v) is 10.8. The summed E-state index contributed by atoms with van der Waals surface area (Å²) < 4.78 is 0. The van der Waals surface area contributed by atoms with E-state index in [0.717, 1.165) is 22.3 Å². The van der Waals surface area contributed by atoms with E-state index < -0.39 is 60.2 Å². The summed E-state index contributed by atoms with van der Waals surface area (Å²) in [4.78, 5) is 27.0. The van der Waals surface area contributed by atoms with Crippen LogP contribution in [0.4, 0.5) is 0 Å². The van der Waals surface area contributed by atoms with Crippen LogP contribution < -0.4 is 10.6 Å². The smallest absolute Gasteiger partial charge is 0.150 e. The van der Waals surface area contributed by atoms with E-state index in [1.54, 1.807) is 36.4 Å². The third-order valence-corrected chi connectivity index (χ3v) is 14.1. The number of hydrogen-bond acceptors (Lipinski definition) is 10. The fourth-order valence-electron chi connectivity index (χ4n) is 10.1. The summed E-state index contributed by atoms with van der Waals surface area (Å²) in [6.07, 6.45) is -0.135. The highest BCUT2D eigenvalue weighted by Gasteiger charge is 2.60. The van der Waals surface area contributed by atoms with Crippen LogP contribution in [0.15, 0.2) is 97.1 Å². The number of nitrogens with zero attached hydrogens (tertiary/aromatic N) is 2. The van der Waals surface area contributed by atoms with Gasteiger partial charge in [0.2, 0.25) is 0 Å². The lowest BCUT2D eigenvalue weighted by atomic mass is 9.62. The minimum Gasteiger partial charge on any atom is -0.394 e. The van der Waals surface area contributed by atoms with Crippen LogP contribution in [0.1, 0.15) is 114 Å². The van der Waals surface area contributed by atoms with Crippen molar-refractivity contribution in [3.05, 3.63) is 139 Å². The molecule has 0 radical (unpaired) electrons. The summed E-state index contributed by atoms with van der Waals surface area (Å²) in [6.45, 7) is 11.9. The molecule has 68 heavy (non-hydrogen) atoms. The summed E-state index contributed by atoms with van der Waals surface area (Å²) in [5.74, 6) is -1.24. The Morgan fingerprint density at radius 3 is 1.21 bits per heavy atom. The quantitative estimate of drug-likeness (QED) is 0.0631. The van der Waals surface area contributed by atoms with Crippen molar-refractivity contribution in [1.82, 2.24) is 10.6 Å². The number of carbonyl (C=O) groups excluding carboxylic acids is 2. The average Bonchev–Trinajstić information content (AvgIpc) is 3.79. The lowest BCUT2D eigenvalue weighted by molar-refractivity contribution is -0.122. The second-order valence-electron chi connectivity index (χ2n) is 20.6. The van der Waals surface area contributed by atoms with Gasteiger partial charge in [0.15, 0.2) is 11.6 Å². The van der Waals surface area contributed by atoms with Crippen LogP contribution in [0.3, 0.4) is 0 Å². The molecule has 364 valence electrons. The van der Waals surface area contributed by atoms with Gasteiger partial charge in [-0.3, -0.25) is 9.59 Å². The van der Waals surface area contributed by atoms with Gasteiger partial charge in [-0.05, 0) is 107 Å². The Kier molecular flexibility index (Phi) is 18.9. The molecule has 2 heterocycles. The number of Topliss-reactive ketones (excluding diaryl/α,β-unsaturated/α-hetero) is 2. The Bertz CT molecular complexity index is 2260. The Morgan fingerprint density at radius 2 is 0.926 bits per heavy atom. The molecule has 0 saturated carbocycles. The standard InChI is InChI=1S/2C27H32Cl2N2O3/c2*1-26(2,3)14-23-27(16-30,18-7-9-19(28)10-8-18)24(17-5-4-6-20(29)13-17)25(31-23)22(34)12-11-21(33)15-32/h2*4-10,13,21,23-25,31-33H,11-12,14-15H2,1-3H3/t21-,23+,24+,25+,27+;21-,23-,24-,25-,27-/m00/s1. The van der Waals surface area contributed by atoms with E-state index in [9.17, 15) is 40.5 Å². The van der Waals surface area contributed by atoms with Gasteiger partial charge in [-0.2, -0.15) is 10.5 Å². The van der Waals surface area contributed by atoms with Crippen molar-refractivity contribution in [3.8, 4) is 12.1 Å². The number of carbonyl (C=O) groups is 2. The van der Waals surface area contributed by atoms with Crippen LogP contribution in [-0.4, -0.2) is 81.6 Å². The van der Waals surface area contributed by atoms with Crippen LogP contribution >= 0.6 is 46.4 Å². The Balaban J connectivity index is 0.000000254. The molecule has 0 spiro atoms. The third kappa shape index (κ3) is 12.9. The van der Waals surface area contributed by atoms with Gasteiger partial charge in [-0.1, -0.05) is 136 Å². The zero-order valence-corrected chi connectivity index (χ0v) is 42.5. The van der Waals surface area contributed by atoms with Crippen LogP contribution in [0.2, 0.25) is 20.1 Å². The van der Waals surface area contributed by atoms with Gasteiger partial charge in [0.1, 0.15) is 10.8 Å². The van der Waals surface area contributed by atoms with E-state index in [2.05, 4.69) is 64.3 Å². The number of rotatable bonds is 16. The number of halogens is 4. The molecule has 2 aliphatic rings. The summed E-state index contributed by atoms with van der Waals surface area (Å²) in [7, 11) is 0. The molecule has 6 N–H and O–H groups in total. The summed E-state index contributed by atoms with van der Waals surface area (Å²) in [5.41, 5.74) is 0.833. The molecule has 0 bridgehead atoms. The van der Waals surface area contributed by atoms with Crippen LogP contribution in [0.5, 0.6) is 0 Å². The first-order valence-electron chi connectivity index (χ1n) is 23.0. The molecule has 2 fully saturated rings. The van der Waals surface area contributed by atoms with Crippen LogP contribution in [0.25, 0.3) is 0 Å². The monoisotopic (exact) mass is 1000 g/mol. The molecule has 4 aromatic rings. The zero-order chi connectivity index (χ0) is 50.2. The highest BCUT2D eigenvalue weighted by molar-refractivity contribution is 6.31. The lowest BCUT2D eigenvalue weighted by Crippen LogP contribution is -2.44. The summed E-state index contributed by atoms with van der Waals surface area (Å²) >= 11 is 25.1. The second-order valence-corrected chi connectivity index (χ2v) is 22.4. The molecular weight excluding hydrogens is 942 g/mol. The summed E-state index contributed by atoms with van der Waals surface area (Å²) in [6, 6.07) is 32.5. The van der Waals surface area contributed by atoms with Gasteiger partial charge in [0.05, 0.1) is 49.6 Å². The molecule has 2 saturated heterocycles. The zero-order valence-electron chi connectivity index (χ0n) is 39.5. The van der Waals surface area contributed by atoms with Crippen molar-refractivity contribution >= 4 is 58.0 Å². The van der Waals surface area contributed by atoms with E-state index in [0.29, 0.717) is 32.9 Å². The van der Waals surface area contributed by atoms with Crippen molar-refractivity contribution in [1.29, 1.82) is 10.5 Å². The van der Waals surface area contributed by atoms with Gasteiger partial charge in [0, 0.05) is 56.9 Å². The molecule has 2 aliphatic heterocycles. The Labute approximate surface area is 421 Å². The molecule has 0 amide bonds. The van der Waals surface area contributed by atoms with Crippen molar-refractivity contribution < 1.29 is 30.0 Å². The van der Waals surface area contributed by atoms with E-state index >= 15 is 0 Å². The molecule has 10 nitrogen and oxygen atoms in total. The summed E-state index contributed by atoms with van der Waals surface area (Å²) in [5, 5.41) is 68.9. The minimum atomic E-state index is -1.06. The predicted molar refractivity (Wildman–Crippen MR) is 270 cm³/mol. The first-order chi connectivity index (χ1) is 32.0. The van der Waals surface area contributed by atoms with Gasteiger partial charge in [0.25, 0.3) is 0 Å². The predicted octanol–water partition coefficient (Wildman–Crippen LogP) is 10.0.